The van der Waals surface area contributed by atoms with Crippen molar-refractivity contribution in [3.8, 4) is 0 Å². The summed E-state index contributed by atoms with van der Waals surface area (Å²) in [6.07, 6.45) is 0. The van der Waals surface area contributed by atoms with Crippen LogP contribution in [0.25, 0.3) is 0 Å². The lowest BCUT2D eigenvalue weighted by atomic mass is 10.2. The van der Waals surface area contributed by atoms with Crippen LogP contribution >= 0.6 is 15.9 Å². The Labute approximate surface area is 106 Å². The molecule has 1 unspecified atom stereocenters. The fourth-order valence-corrected chi connectivity index (χ4v) is 1.61. The van der Waals surface area contributed by atoms with Crippen LogP contribution in [0.3, 0.4) is 0 Å². The van der Waals surface area contributed by atoms with Gasteiger partial charge in [-0.2, -0.15) is 5.21 Å². The highest BCUT2D eigenvalue weighted by Gasteiger charge is 2.09. The first kappa shape index (κ1) is 12.1. The van der Waals surface area contributed by atoms with E-state index in [1.165, 1.54) is 6.07 Å². The van der Waals surface area contributed by atoms with E-state index in [4.69, 9.17) is 0 Å². The minimum absolute atomic E-state index is 0.0412. The van der Waals surface area contributed by atoms with E-state index < -0.39 is 0 Å². The fraction of sp³-hybridized carbons (Fsp3) is 0.300. The number of benzene rings is 1. The van der Waals surface area contributed by atoms with Gasteiger partial charge in [-0.3, -0.25) is 0 Å². The second-order valence-corrected chi connectivity index (χ2v) is 4.48. The van der Waals surface area contributed by atoms with Crippen LogP contribution in [0, 0.1) is 5.82 Å². The van der Waals surface area contributed by atoms with E-state index in [1.54, 1.807) is 6.07 Å². The van der Waals surface area contributed by atoms with Gasteiger partial charge in [0.2, 0.25) is 0 Å². The van der Waals surface area contributed by atoms with Gasteiger partial charge in [0.15, 0.2) is 5.82 Å². The van der Waals surface area contributed by atoms with E-state index in [2.05, 4.69) is 41.9 Å². The lowest BCUT2D eigenvalue weighted by molar-refractivity contribution is 0.543. The number of hydrogen-bond acceptors (Lipinski definition) is 4. The number of hydrogen-bond donors (Lipinski definition) is 2. The summed E-state index contributed by atoms with van der Waals surface area (Å²) in [5, 5.41) is 16.8. The van der Waals surface area contributed by atoms with Gasteiger partial charge in [-0.1, -0.05) is 11.3 Å². The smallest absolute Gasteiger partial charge is 0.191 e. The standard InChI is InChI=1S/C10H11BrFN5/c1-6(10-14-16-17-15-10)13-5-7-2-3-8(11)9(12)4-7/h2-4,6,13H,5H2,1H3,(H,14,15,16,17). The average Bonchev–Trinajstić information content (AvgIpc) is 2.84. The Balaban J connectivity index is 1.96. The molecule has 2 rings (SSSR count). The molecule has 0 bridgehead atoms. The first-order valence-corrected chi connectivity index (χ1v) is 5.87. The molecular formula is C10H11BrFN5. The number of aromatic amines is 1. The van der Waals surface area contributed by atoms with Crippen molar-refractivity contribution < 1.29 is 4.39 Å². The van der Waals surface area contributed by atoms with Crippen molar-refractivity contribution >= 4 is 15.9 Å². The molecule has 0 fully saturated rings. The average molecular weight is 300 g/mol. The summed E-state index contributed by atoms with van der Waals surface area (Å²) >= 11 is 3.11. The maximum absolute atomic E-state index is 13.3. The molecule has 0 amide bonds. The first-order valence-electron chi connectivity index (χ1n) is 5.07. The molecule has 2 aromatic rings. The number of nitrogens with zero attached hydrogens (tertiary/aromatic N) is 3. The molecule has 1 aromatic heterocycles. The molecule has 1 atom stereocenters. The molecule has 17 heavy (non-hydrogen) atoms. The molecule has 0 saturated carbocycles. The van der Waals surface area contributed by atoms with E-state index in [1.807, 2.05) is 13.0 Å². The lowest BCUT2D eigenvalue weighted by Gasteiger charge is -2.09. The Bertz CT molecular complexity index is 487. The van der Waals surface area contributed by atoms with Crippen molar-refractivity contribution in [2.24, 2.45) is 0 Å². The summed E-state index contributed by atoms with van der Waals surface area (Å²) in [5.74, 6) is 0.319. The molecule has 0 radical (unpaired) electrons. The van der Waals surface area contributed by atoms with E-state index >= 15 is 0 Å². The van der Waals surface area contributed by atoms with Crippen molar-refractivity contribution in [2.75, 3.05) is 0 Å². The molecule has 0 aliphatic carbocycles. The molecule has 1 heterocycles. The van der Waals surface area contributed by atoms with E-state index in [9.17, 15) is 4.39 Å². The SMILES string of the molecule is CC(NCc1ccc(Br)c(F)c1)c1nn[nH]n1. The van der Waals surface area contributed by atoms with Crippen LogP contribution in [0.2, 0.25) is 0 Å². The monoisotopic (exact) mass is 299 g/mol. The fourth-order valence-electron chi connectivity index (χ4n) is 1.36. The number of nitrogens with one attached hydrogen (secondary N) is 2. The predicted molar refractivity (Wildman–Crippen MR) is 63.5 cm³/mol. The van der Waals surface area contributed by atoms with Crippen molar-refractivity contribution in [1.29, 1.82) is 0 Å². The van der Waals surface area contributed by atoms with Gasteiger partial charge < -0.3 is 5.32 Å². The summed E-state index contributed by atoms with van der Waals surface area (Å²) in [6.45, 7) is 2.46. The molecule has 90 valence electrons. The summed E-state index contributed by atoms with van der Waals surface area (Å²) in [7, 11) is 0. The Morgan fingerprint density at radius 2 is 2.35 bits per heavy atom. The summed E-state index contributed by atoms with van der Waals surface area (Å²) in [6, 6.07) is 4.98. The maximum Gasteiger partial charge on any atom is 0.191 e. The van der Waals surface area contributed by atoms with E-state index in [0.717, 1.165) is 5.56 Å². The Kier molecular flexibility index (Phi) is 3.80. The van der Waals surface area contributed by atoms with Crippen molar-refractivity contribution in [3.05, 3.63) is 39.9 Å². The molecule has 0 aliphatic rings. The molecular weight excluding hydrogens is 289 g/mol. The second-order valence-electron chi connectivity index (χ2n) is 3.62. The summed E-state index contributed by atoms with van der Waals surface area (Å²) < 4.78 is 13.7. The van der Waals surface area contributed by atoms with Crippen molar-refractivity contribution in [1.82, 2.24) is 25.9 Å². The third-order valence-corrected chi connectivity index (χ3v) is 2.99. The molecule has 2 N–H and O–H groups in total. The molecule has 1 aromatic carbocycles. The first-order chi connectivity index (χ1) is 8.16. The highest BCUT2D eigenvalue weighted by atomic mass is 79.9. The number of rotatable bonds is 4. The largest absolute Gasteiger partial charge is 0.303 e. The Morgan fingerprint density at radius 3 is 3.00 bits per heavy atom. The van der Waals surface area contributed by atoms with Gasteiger partial charge in [-0.15, -0.1) is 10.2 Å². The van der Waals surface area contributed by atoms with E-state index in [0.29, 0.717) is 16.8 Å². The second kappa shape index (κ2) is 5.33. The highest BCUT2D eigenvalue weighted by Crippen LogP contribution is 2.16. The third-order valence-electron chi connectivity index (χ3n) is 2.35. The highest BCUT2D eigenvalue weighted by molar-refractivity contribution is 9.10. The normalized spacial score (nSPS) is 12.6. The Hall–Kier alpha value is -1.34. The Morgan fingerprint density at radius 1 is 1.53 bits per heavy atom. The molecule has 0 spiro atoms. The van der Waals surface area contributed by atoms with Crippen LogP contribution in [0.4, 0.5) is 4.39 Å². The van der Waals surface area contributed by atoms with Gasteiger partial charge >= 0.3 is 0 Å². The zero-order valence-corrected chi connectivity index (χ0v) is 10.7. The van der Waals surface area contributed by atoms with Crippen LogP contribution in [0.15, 0.2) is 22.7 Å². The molecule has 0 aliphatic heterocycles. The lowest BCUT2D eigenvalue weighted by Crippen LogP contribution is -2.19. The maximum atomic E-state index is 13.3. The van der Waals surface area contributed by atoms with Gasteiger partial charge in [0.05, 0.1) is 10.5 Å². The van der Waals surface area contributed by atoms with Crippen molar-refractivity contribution in [3.63, 3.8) is 0 Å². The minimum atomic E-state index is -0.267. The quantitative estimate of drug-likeness (QED) is 0.906. The van der Waals surface area contributed by atoms with Crippen LogP contribution in [0.1, 0.15) is 24.4 Å². The van der Waals surface area contributed by atoms with Gasteiger partial charge in [0.1, 0.15) is 5.82 Å². The van der Waals surface area contributed by atoms with Crippen molar-refractivity contribution in [2.45, 2.75) is 19.5 Å². The number of tetrazole rings is 1. The van der Waals surface area contributed by atoms with E-state index in [-0.39, 0.29) is 11.9 Å². The zero-order valence-electron chi connectivity index (χ0n) is 9.11. The zero-order chi connectivity index (χ0) is 12.3. The van der Waals surface area contributed by atoms with Crippen LogP contribution in [-0.4, -0.2) is 20.6 Å². The third kappa shape index (κ3) is 3.07. The topological polar surface area (TPSA) is 66.5 Å². The molecule has 5 nitrogen and oxygen atoms in total. The predicted octanol–water partition coefficient (Wildman–Crippen LogP) is 1.95. The van der Waals surface area contributed by atoms with Crippen LogP contribution < -0.4 is 5.32 Å². The summed E-state index contributed by atoms with van der Waals surface area (Å²) in [4.78, 5) is 0. The summed E-state index contributed by atoms with van der Waals surface area (Å²) in [5.41, 5.74) is 0.862. The van der Waals surface area contributed by atoms with Crippen LogP contribution in [0.5, 0.6) is 0 Å². The molecule has 7 heteroatoms. The number of H-pyrrole nitrogens is 1. The minimum Gasteiger partial charge on any atom is -0.303 e. The number of halogens is 2. The molecule has 0 saturated heterocycles. The van der Waals surface area contributed by atoms with Gasteiger partial charge in [0, 0.05) is 6.54 Å². The number of aromatic nitrogens is 4. The van der Waals surface area contributed by atoms with Gasteiger partial charge in [-0.05, 0) is 40.5 Å². The van der Waals surface area contributed by atoms with Crippen LogP contribution in [-0.2, 0) is 6.54 Å². The van der Waals surface area contributed by atoms with Gasteiger partial charge in [-0.25, -0.2) is 4.39 Å². The van der Waals surface area contributed by atoms with Gasteiger partial charge in [0.25, 0.3) is 0 Å².